The number of nitrogens with one attached hydrogen (secondary N) is 1. The zero-order valence-corrected chi connectivity index (χ0v) is 6.52. The number of hydrogen-bond acceptors (Lipinski definition) is 2. The minimum Gasteiger partial charge on any atom is -0.350 e. The minimum absolute atomic E-state index is 0.0266. The zero-order valence-electron chi connectivity index (χ0n) is 6.52. The fourth-order valence-electron chi connectivity index (χ4n) is 2.15. The first-order chi connectivity index (χ1) is 5.09. The summed E-state index contributed by atoms with van der Waals surface area (Å²) in [6, 6.07) is 0. The van der Waals surface area contributed by atoms with Crippen LogP contribution in [0.15, 0.2) is 0 Å². The Labute approximate surface area is 65.2 Å². The van der Waals surface area contributed by atoms with Crippen LogP contribution in [0.4, 0.5) is 0 Å². The number of fused-ring (bicyclic) bond motifs is 2. The molecule has 1 N–H and O–H groups in total. The van der Waals surface area contributed by atoms with Crippen LogP contribution >= 0.6 is 0 Å². The first-order valence-corrected chi connectivity index (χ1v) is 3.93. The Hall–Kier alpha value is -0.860. The van der Waals surface area contributed by atoms with Gasteiger partial charge in [-0.2, -0.15) is 0 Å². The lowest BCUT2D eigenvalue weighted by Crippen LogP contribution is -2.40. The van der Waals surface area contributed by atoms with Gasteiger partial charge in [0.25, 0.3) is 0 Å². The van der Waals surface area contributed by atoms with Gasteiger partial charge in [0.05, 0.1) is 0 Å². The van der Waals surface area contributed by atoms with E-state index in [9.17, 15) is 9.59 Å². The second kappa shape index (κ2) is 1.84. The highest BCUT2D eigenvalue weighted by Crippen LogP contribution is 2.35. The van der Waals surface area contributed by atoms with Crippen LogP contribution < -0.4 is 5.32 Å². The summed E-state index contributed by atoms with van der Waals surface area (Å²) in [7, 11) is 0. The Kier molecular flexibility index (Phi) is 1.14. The van der Waals surface area contributed by atoms with Crippen LogP contribution in [-0.4, -0.2) is 17.2 Å². The molecule has 0 aromatic rings. The molecule has 2 bridgehead atoms. The number of rotatable bonds is 0. The van der Waals surface area contributed by atoms with Crippen LogP contribution in [0.1, 0.15) is 26.2 Å². The van der Waals surface area contributed by atoms with Gasteiger partial charge in [0, 0.05) is 24.3 Å². The third-order valence-electron chi connectivity index (χ3n) is 2.55. The van der Waals surface area contributed by atoms with E-state index in [1.165, 1.54) is 0 Å². The predicted molar refractivity (Wildman–Crippen MR) is 38.9 cm³/mol. The smallest absolute Gasteiger partial charge is 0.224 e. The summed E-state index contributed by atoms with van der Waals surface area (Å²) in [6.45, 7) is 1.95. The summed E-state index contributed by atoms with van der Waals surface area (Å²) in [6.07, 6.45) is 1.83. The standard InChI is InChI=1S/C8H11NO2/c1-8-3-5(7(11)9-8)2-6(10)4-8/h5H,2-4H2,1H3,(H,9,11)/t5-,8-/m0/s1. The maximum Gasteiger partial charge on any atom is 0.224 e. The molecule has 3 heteroatoms. The molecule has 2 aliphatic rings. The summed E-state index contributed by atoms with van der Waals surface area (Å²) in [5.74, 6) is 0.265. The fraction of sp³-hybridized carbons (Fsp3) is 0.750. The Morgan fingerprint density at radius 2 is 2.27 bits per heavy atom. The highest BCUT2D eigenvalue weighted by atomic mass is 16.2. The van der Waals surface area contributed by atoms with E-state index in [0.29, 0.717) is 12.8 Å². The molecule has 0 aromatic heterocycles. The van der Waals surface area contributed by atoms with Gasteiger partial charge in [0.2, 0.25) is 5.91 Å². The average Bonchev–Trinajstić information content (AvgIpc) is 2.01. The topological polar surface area (TPSA) is 46.2 Å². The van der Waals surface area contributed by atoms with E-state index in [2.05, 4.69) is 5.32 Å². The van der Waals surface area contributed by atoms with Crippen molar-refractivity contribution in [3.63, 3.8) is 0 Å². The molecule has 2 fully saturated rings. The first-order valence-electron chi connectivity index (χ1n) is 3.93. The molecule has 0 radical (unpaired) electrons. The van der Waals surface area contributed by atoms with Crippen molar-refractivity contribution >= 4 is 11.7 Å². The van der Waals surface area contributed by atoms with Gasteiger partial charge < -0.3 is 5.32 Å². The second-order valence-electron chi connectivity index (χ2n) is 3.87. The van der Waals surface area contributed by atoms with Gasteiger partial charge in [-0.25, -0.2) is 0 Å². The number of hydrogen-bond donors (Lipinski definition) is 1. The summed E-state index contributed by atoms with van der Waals surface area (Å²) in [5, 5.41) is 2.86. The van der Waals surface area contributed by atoms with Gasteiger partial charge >= 0.3 is 0 Å². The SMILES string of the molecule is C[C@@]12CC(=O)C[C@@H](C1)C(=O)N2. The van der Waals surface area contributed by atoms with E-state index in [-0.39, 0.29) is 23.1 Å². The quantitative estimate of drug-likeness (QED) is 0.542. The van der Waals surface area contributed by atoms with Crippen molar-refractivity contribution in [1.82, 2.24) is 5.32 Å². The minimum atomic E-state index is -0.211. The number of carbonyl (C=O) groups is 2. The van der Waals surface area contributed by atoms with E-state index >= 15 is 0 Å². The van der Waals surface area contributed by atoms with Crippen molar-refractivity contribution in [1.29, 1.82) is 0 Å². The van der Waals surface area contributed by atoms with E-state index in [1.54, 1.807) is 0 Å². The molecule has 3 nitrogen and oxygen atoms in total. The Balaban J connectivity index is 2.29. The molecule has 60 valence electrons. The Morgan fingerprint density at radius 1 is 1.55 bits per heavy atom. The van der Waals surface area contributed by atoms with Gasteiger partial charge in [0.15, 0.2) is 0 Å². The fourth-order valence-corrected chi connectivity index (χ4v) is 2.15. The highest BCUT2D eigenvalue weighted by molar-refractivity contribution is 5.93. The van der Waals surface area contributed by atoms with E-state index < -0.39 is 0 Å². The Bertz CT molecular complexity index is 232. The van der Waals surface area contributed by atoms with E-state index in [1.807, 2.05) is 6.92 Å². The molecular weight excluding hydrogens is 142 g/mol. The molecule has 1 saturated heterocycles. The zero-order chi connectivity index (χ0) is 8.06. The van der Waals surface area contributed by atoms with E-state index in [4.69, 9.17) is 0 Å². The van der Waals surface area contributed by atoms with Crippen LogP contribution in [0.3, 0.4) is 0 Å². The van der Waals surface area contributed by atoms with Crippen LogP contribution in [0, 0.1) is 5.92 Å². The number of amides is 1. The van der Waals surface area contributed by atoms with Crippen molar-refractivity contribution < 1.29 is 9.59 Å². The molecule has 1 saturated carbocycles. The number of Topliss-reactive ketones (excluding diaryl/α,β-unsaturated/α-hetero) is 1. The maximum atomic E-state index is 11.1. The average molecular weight is 153 g/mol. The van der Waals surface area contributed by atoms with Crippen LogP contribution in [0.5, 0.6) is 0 Å². The molecular formula is C8H11NO2. The third-order valence-corrected chi connectivity index (χ3v) is 2.55. The summed E-state index contributed by atoms with van der Waals surface area (Å²) < 4.78 is 0. The van der Waals surface area contributed by atoms with E-state index in [0.717, 1.165) is 6.42 Å². The summed E-state index contributed by atoms with van der Waals surface area (Å²) in [5.41, 5.74) is -0.211. The lowest BCUT2D eigenvalue weighted by molar-refractivity contribution is -0.126. The van der Waals surface area contributed by atoms with Gasteiger partial charge in [0.1, 0.15) is 5.78 Å². The molecule has 0 aromatic carbocycles. The monoisotopic (exact) mass is 153 g/mol. The van der Waals surface area contributed by atoms with Crippen molar-refractivity contribution in [3.05, 3.63) is 0 Å². The predicted octanol–water partition coefficient (Wildman–Crippen LogP) is 0.244. The molecule has 1 aliphatic carbocycles. The first kappa shape index (κ1) is 6.83. The Morgan fingerprint density at radius 3 is 2.91 bits per heavy atom. The van der Waals surface area contributed by atoms with Gasteiger partial charge in [-0.05, 0) is 13.3 Å². The largest absolute Gasteiger partial charge is 0.350 e. The van der Waals surface area contributed by atoms with Crippen LogP contribution in [0.25, 0.3) is 0 Å². The van der Waals surface area contributed by atoms with Gasteiger partial charge in [-0.1, -0.05) is 0 Å². The van der Waals surface area contributed by atoms with Crippen LogP contribution in [-0.2, 0) is 9.59 Å². The molecule has 0 unspecified atom stereocenters. The van der Waals surface area contributed by atoms with Crippen molar-refractivity contribution in [2.45, 2.75) is 31.7 Å². The molecule has 2 atom stereocenters. The second-order valence-corrected chi connectivity index (χ2v) is 3.87. The van der Waals surface area contributed by atoms with Gasteiger partial charge in [-0.3, -0.25) is 9.59 Å². The molecule has 1 heterocycles. The summed E-state index contributed by atoms with van der Waals surface area (Å²) in [4.78, 5) is 22.2. The highest BCUT2D eigenvalue weighted by Gasteiger charge is 2.46. The van der Waals surface area contributed by atoms with Crippen molar-refractivity contribution in [2.24, 2.45) is 5.92 Å². The molecule has 11 heavy (non-hydrogen) atoms. The lowest BCUT2D eigenvalue weighted by atomic mass is 9.81. The third kappa shape index (κ3) is 0.951. The van der Waals surface area contributed by atoms with Gasteiger partial charge in [-0.15, -0.1) is 0 Å². The maximum absolute atomic E-state index is 11.1. The number of ketones is 1. The molecule has 0 spiro atoms. The van der Waals surface area contributed by atoms with Crippen molar-refractivity contribution in [3.8, 4) is 0 Å². The number of carbonyl (C=O) groups excluding carboxylic acids is 2. The van der Waals surface area contributed by atoms with Crippen molar-refractivity contribution in [2.75, 3.05) is 0 Å². The molecule has 2 rings (SSSR count). The lowest BCUT2D eigenvalue weighted by Gasteiger charge is -2.25. The van der Waals surface area contributed by atoms with Crippen LogP contribution in [0.2, 0.25) is 0 Å². The molecule has 1 aliphatic heterocycles. The normalized spacial score (nSPS) is 42.5. The summed E-state index contributed by atoms with van der Waals surface area (Å²) >= 11 is 0. The molecule has 1 amide bonds.